The van der Waals surface area contributed by atoms with Crippen LogP contribution in [0.4, 0.5) is 4.39 Å². The molecule has 1 aliphatic rings. The summed E-state index contributed by atoms with van der Waals surface area (Å²) >= 11 is 0. The highest BCUT2D eigenvalue weighted by Gasteiger charge is 2.38. The molecule has 5 rings (SSSR count). The lowest BCUT2D eigenvalue weighted by molar-refractivity contribution is -0.137. The lowest BCUT2D eigenvalue weighted by atomic mass is 10.0. The summed E-state index contributed by atoms with van der Waals surface area (Å²) < 4.78 is 47.8. The first-order chi connectivity index (χ1) is 18.8. The van der Waals surface area contributed by atoms with Gasteiger partial charge < -0.3 is 9.64 Å². The molecule has 0 radical (unpaired) electrons. The fraction of sp³-hybridized carbons (Fsp3) is 0.194. The van der Waals surface area contributed by atoms with E-state index in [9.17, 15) is 17.6 Å². The number of nitrogens with zero attached hydrogens (tertiary/aromatic N) is 2. The molecule has 1 aliphatic heterocycles. The van der Waals surface area contributed by atoms with Gasteiger partial charge in [0, 0.05) is 13.1 Å². The van der Waals surface area contributed by atoms with E-state index >= 15 is 0 Å². The van der Waals surface area contributed by atoms with Gasteiger partial charge in [-0.25, -0.2) is 12.8 Å². The van der Waals surface area contributed by atoms with Crippen LogP contribution in [-0.2, 0) is 21.4 Å². The second-order valence-electron chi connectivity index (χ2n) is 9.50. The summed E-state index contributed by atoms with van der Waals surface area (Å²) in [6.45, 7) is 1.83. The third-order valence-corrected chi connectivity index (χ3v) is 9.00. The van der Waals surface area contributed by atoms with Crippen molar-refractivity contribution >= 4 is 26.7 Å². The smallest absolute Gasteiger partial charge is 0.244 e. The number of sulfonamides is 1. The van der Waals surface area contributed by atoms with Gasteiger partial charge in [-0.1, -0.05) is 66.7 Å². The molecule has 0 saturated heterocycles. The molecule has 0 bridgehead atoms. The van der Waals surface area contributed by atoms with Crippen LogP contribution in [0.1, 0.15) is 24.1 Å². The second kappa shape index (κ2) is 11.0. The zero-order valence-corrected chi connectivity index (χ0v) is 22.5. The van der Waals surface area contributed by atoms with Crippen LogP contribution in [0.3, 0.4) is 0 Å². The first kappa shape index (κ1) is 26.6. The number of hydrogen-bond donors (Lipinski definition) is 0. The number of carbonyl (C=O) groups is 1. The maximum absolute atomic E-state index is 14.1. The summed E-state index contributed by atoms with van der Waals surface area (Å²) in [5.74, 6) is -0.0368. The van der Waals surface area contributed by atoms with Gasteiger partial charge in [0.1, 0.15) is 17.6 Å². The van der Waals surface area contributed by atoms with Crippen LogP contribution in [0.2, 0.25) is 0 Å². The Morgan fingerprint density at radius 2 is 1.62 bits per heavy atom. The van der Waals surface area contributed by atoms with Gasteiger partial charge in [0.25, 0.3) is 0 Å². The third-order valence-electron chi connectivity index (χ3n) is 7.06. The van der Waals surface area contributed by atoms with Crippen molar-refractivity contribution < 1.29 is 22.3 Å². The number of methoxy groups -OCH3 is 1. The zero-order chi connectivity index (χ0) is 27.6. The van der Waals surface area contributed by atoms with Crippen LogP contribution < -0.4 is 4.74 Å². The molecule has 0 N–H and O–H groups in total. The third kappa shape index (κ3) is 5.44. The van der Waals surface area contributed by atoms with Crippen LogP contribution in [0.25, 0.3) is 10.8 Å². The van der Waals surface area contributed by atoms with Gasteiger partial charge in [-0.2, -0.15) is 4.31 Å². The summed E-state index contributed by atoms with van der Waals surface area (Å²) in [6, 6.07) is 24.5. The highest BCUT2D eigenvalue weighted by molar-refractivity contribution is 7.89. The van der Waals surface area contributed by atoms with Crippen molar-refractivity contribution in [3.8, 4) is 5.75 Å². The van der Waals surface area contributed by atoms with E-state index in [1.807, 2.05) is 54.6 Å². The predicted octanol–water partition coefficient (Wildman–Crippen LogP) is 5.71. The lowest BCUT2D eigenvalue weighted by Gasteiger charge is -2.37. The van der Waals surface area contributed by atoms with Crippen molar-refractivity contribution in [3.05, 3.63) is 120 Å². The summed E-state index contributed by atoms with van der Waals surface area (Å²) in [7, 11) is -2.42. The van der Waals surface area contributed by atoms with Crippen molar-refractivity contribution in [2.45, 2.75) is 30.4 Å². The SMILES string of the molecule is COc1ccc(C2/C=C\CN(S(=O)(=O)c3ccc4ccccc4c3)[C@@H](C)C(=O)N2Cc2ccc(F)cc2)cc1. The van der Waals surface area contributed by atoms with E-state index in [0.29, 0.717) is 5.75 Å². The molecule has 4 aromatic carbocycles. The number of rotatable bonds is 6. The number of halogens is 1. The fourth-order valence-corrected chi connectivity index (χ4v) is 6.46. The molecule has 0 aromatic heterocycles. The van der Waals surface area contributed by atoms with E-state index in [1.54, 1.807) is 55.3 Å². The summed E-state index contributed by atoms with van der Waals surface area (Å²) in [5.41, 5.74) is 1.58. The largest absolute Gasteiger partial charge is 0.497 e. The normalized spacial score (nSPS) is 19.5. The monoisotopic (exact) mass is 544 g/mol. The van der Waals surface area contributed by atoms with Crippen molar-refractivity contribution in [2.75, 3.05) is 13.7 Å². The molecule has 0 aliphatic carbocycles. The average Bonchev–Trinajstić information content (AvgIpc) is 2.96. The van der Waals surface area contributed by atoms with Gasteiger partial charge in [0.15, 0.2) is 0 Å². The van der Waals surface area contributed by atoms with Gasteiger partial charge in [0.2, 0.25) is 15.9 Å². The summed E-state index contributed by atoms with van der Waals surface area (Å²) in [4.78, 5) is 15.8. The standard InChI is InChI=1S/C31H29FN2O4S/c1-22-31(35)33(21-23-9-14-27(32)15-10-23)30(25-11-16-28(38-2)17-12-25)8-5-19-34(22)39(36,37)29-18-13-24-6-3-4-7-26(24)20-29/h3-18,20,22,30H,19,21H2,1-2H3/b8-5-/t22-,30?/m0/s1. The van der Waals surface area contributed by atoms with Crippen molar-refractivity contribution in [3.63, 3.8) is 0 Å². The van der Waals surface area contributed by atoms with Gasteiger partial charge in [0.05, 0.1) is 18.0 Å². The van der Waals surface area contributed by atoms with Crippen molar-refractivity contribution in [1.82, 2.24) is 9.21 Å². The van der Waals surface area contributed by atoms with E-state index in [-0.39, 0.29) is 29.7 Å². The number of carbonyl (C=O) groups excluding carboxylic acids is 1. The number of ether oxygens (including phenoxy) is 1. The van der Waals surface area contributed by atoms with Crippen molar-refractivity contribution in [1.29, 1.82) is 0 Å². The van der Waals surface area contributed by atoms with Crippen LogP contribution in [0.5, 0.6) is 5.75 Å². The number of amides is 1. The molecule has 0 spiro atoms. The van der Waals surface area contributed by atoms with Crippen LogP contribution in [-0.4, -0.2) is 43.2 Å². The Kier molecular flexibility index (Phi) is 7.50. The molecule has 1 amide bonds. The first-order valence-corrected chi connectivity index (χ1v) is 14.1. The predicted molar refractivity (Wildman–Crippen MR) is 149 cm³/mol. The van der Waals surface area contributed by atoms with E-state index < -0.39 is 22.1 Å². The molecule has 200 valence electrons. The molecule has 0 fully saturated rings. The van der Waals surface area contributed by atoms with Gasteiger partial charge in [-0.3, -0.25) is 4.79 Å². The van der Waals surface area contributed by atoms with Gasteiger partial charge in [-0.05, 0) is 65.2 Å². The van der Waals surface area contributed by atoms with E-state index in [0.717, 1.165) is 21.9 Å². The van der Waals surface area contributed by atoms with Crippen LogP contribution >= 0.6 is 0 Å². The second-order valence-corrected chi connectivity index (χ2v) is 11.4. The quantitative estimate of drug-likeness (QED) is 0.292. The number of fused-ring (bicyclic) bond motifs is 1. The average molecular weight is 545 g/mol. The molecule has 0 saturated carbocycles. The summed E-state index contributed by atoms with van der Waals surface area (Å²) in [6.07, 6.45) is 3.63. The Morgan fingerprint density at radius 3 is 2.31 bits per heavy atom. The van der Waals surface area contributed by atoms with Crippen LogP contribution in [0, 0.1) is 5.82 Å². The topological polar surface area (TPSA) is 66.9 Å². The minimum Gasteiger partial charge on any atom is -0.497 e. The van der Waals surface area contributed by atoms with E-state index in [2.05, 4.69) is 0 Å². The number of hydrogen-bond acceptors (Lipinski definition) is 4. The minimum atomic E-state index is -4.00. The fourth-order valence-electron chi connectivity index (χ4n) is 4.88. The number of benzene rings is 4. The molecule has 1 unspecified atom stereocenters. The van der Waals surface area contributed by atoms with Crippen molar-refractivity contribution in [2.24, 2.45) is 0 Å². The van der Waals surface area contributed by atoms with E-state index in [1.165, 1.54) is 16.4 Å². The molecule has 39 heavy (non-hydrogen) atoms. The zero-order valence-electron chi connectivity index (χ0n) is 21.7. The molecular weight excluding hydrogens is 515 g/mol. The molecular formula is C31H29FN2O4S. The Balaban J connectivity index is 1.54. The highest BCUT2D eigenvalue weighted by Crippen LogP contribution is 2.31. The molecule has 6 nitrogen and oxygen atoms in total. The summed E-state index contributed by atoms with van der Waals surface area (Å²) in [5, 5.41) is 1.73. The molecule has 1 heterocycles. The maximum Gasteiger partial charge on any atom is 0.244 e. The van der Waals surface area contributed by atoms with Gasteiger partial charge >= 0.3 is 0 Å². The molecule has 2 atom stereocenters. The Hall–Kier alpha value is -4.01. The molecule has 8 heteroatoms. The maximum atomic E-state index is 14.1. The lowest BCUT2D eigenvalue weighted by Crippen LogP contribution is -2.51. The highest BCUT2D eigenvalue weighted by atomic mass is 32.2. The first-order valence-electron chi connectivity index (χ1n) is 12.6. The van der Waals surface area contributed by atoms with Crippen LogP contribution in [0.15, 0.2) is 108 Å². The Bertz CT molecular complexity index is 1620. The van der Waals surface area contributed by atoms with Gasteiger partial charge in [-0.15, -0.1) is 0 Å². The van der Waals surface area contributed by atoms with E-state index in [4.69, 9.17) is 4.74 Å². The Morgan fingerprint density at radius 1 is 0.923 bits per heavy atom. The Labute approximate surface area is 228 Å². The molecule has 4 aromatic rings. The minimum absolute atomic E-state index is 0.0408.